The van der Waals surface area contributed by atoms with Crippen LogP contribution in [0.25, 0.3) is 0 Å². The molecule has 1 fully saturated rings. The zero-order chi connectivity index (χ0) is 14.4. The van der Waals surface area contributed by atoms with Crippen molar-refractivity contribution < 1.29 is 4.74 Å². The van der Waals surface area contributed by atoms with Crippen LogP contribution in [0, 0.1) is 5.92 Å². The SMILES string of the molecule is COC(C1CCCCC1)C(Cc1ccnc(N)c1)NN. The van der Waals surface area contributed by atoms with Gasteiger partial charge >= 0.3 is 0 Å². The minimum atomic E-state index is 0.102. The first-order chi connectivity index (χ1) is 9.74. The Morgan fingerprint density at radius 1 is 1.40 bits per heavy atom. The van der Waals surface area contributed by atoms with Crippen LogP contribution in [-0.4, -0.2) is 24.2 Å². The summed E-state index contributed by atoms with van der Waals surface area (Å²) in [5.41, 5.74) is 9.80. The highest BCUT2D eigenvalue weighted by Crippen LogP contribution is 2.30. The molecule has 1 saturated carbocycles. The summed E-state index contributed by atoms with van der Waals surface area (Å²) in [6.45, 7) is 0. The molecule has 2 atom stereocenters. The van der Waals surface area contributed by atoms with Crippen LogP contribution < -0.4 is 17.0 Å². The predicted molar refractivity (Wildman–Crippen MR) is 80.8 cm³/mol. The van der Waals surface area contributed by atoms with Crippen LogP contribution in [0.4, 0.5) is 5.82 Å². The van der Waals surface area contributed by atoms with Crippen molar-refractivity contribution in [3.05, 3.63) is 23.9 Å². The molecule has 112 valence electrons. The summed E-state index contributed by atoms with van der Waals surface area (Å²) in [7, 11) is 1.78. The summed E-state index contributed by atoms with van der Waals surface area (Å²) < 4.78 is 5.76. The molecule has 1 aromatic rings. The van der Waals surface area contributed by atoms with Gasteiger partial charge in [-0.15, -0.1) is 0 Å². The Bertz CT molecular complexity index is 407. The normalized spacial score (nSPS) is 19.7. The molecule has 1 heterocycles. The molecular formula is C15H26N4O. The molecule has 5 N–H and O–H groups in total. The van der Waals surface area contributed by atoms with Gasteiger partial charge in [-0.05, 0) is 42.9 Å². The lowest BCUT2D eigenvalue weighted by Crippen LogP contribution is -2.49. The first-order valence-corrected chi connectivity index (χ1v) is 7.44. The number of methoxy groups -OCH3 is 1. The van der Waals surface area contributed by atoms with Gasteiger partial charge in [-0.1, -0.05) is 19.3 Å². The van der Waals surface area contributed by atoms with E-state index in [1.807, 2.05) is 12.1 Å². The highest BCUT2D eigenvalue weighted by atomic mass is 16.5. The third-order valence-corrected chi connectivity index (χ3v) is 4.30. The largest absolute Gasteiger partial charge is 0.384 e. The first kappa shape index (κ1) is 15.2. The van der Waals surface area contributed by atoms with E-state index in [9.17, 15) is 0 Å². The second-order valence-electron chi connectivity index (χ2n) is 5.66. The van der Waals surface area contributed by atoms with Gasteiger partial charge in [0.15, 0.2) is 0 Å². The molecule has 1 aliphatic carbocycles. The molecule has 2 rings (SSSR count). The highest BCUT2D eigenvalue weighted by molar-refractivity contribution is 5.32. The topological polar surface area (TPSA) is 86.2 Å². The number of rotatable bonds is 6. The van der Waals surface area contributed by atoms with E-state index in [2.05, 4.69) is 10.4 Å². The van der Waals surface area contributed by atoms with Crippen molar-refractivity contribution in [3.63, 3.8) is 0 Å². The van der Waals surface area contributed by atoms with Gasteiger partial charge in [0.05, 0.1) is 12.1 Å². The van der Waals surface area contributed by atoms with Crippen molar-refractivity contribution in [1.29, 1.82) is 0 Å². The molecule has 0 spiro atoms. The molecule has 0 radical (unpaired) electrons. The van der Waals surface area contributed by atoms with Gasteiger partial charge in [0.1, 0.15) is 5.82 Å². The Morgan fingerprint density at radius 3 is 2.75 bits per heavy atom. The summed E-state index contributed by atoms with van der Waals surface area (Å²) in [4.78, 5) is 4.02. The number of nitrogen functional groups attached to an aromatic ring is 1. The minimum absolute atomic E-state index is 0.102. The van der Waals surface area contributed by atoms with Crippen LogP contribution in [0.2, 0.25) is 0 Å². The number of nitrogens with zero attached hydrogens (tertiary/aromatic N) is 1. The lowest BCUT2D eigenvalue weighted by molar-refractivity contribution is 0.00827. The number of ether oxygens (including phenoxy) is 1. The predicted octanol–water partition coefficient (Wildman–Crippen LogP) is 1.63. The number of anilines is 1. The molecule has 20 heavy (non-hydrogen) atoms. The lowest BCUT2D eigenvalue weighted by atomic mass is 9.81. The first-order valence-electron chi connectivity index (χ1n) is 7.44. The van der Waals surface area contributed by atoms with Crippen LogP contribution in [0.3, 0.4) is 0 Å². The van der Waals surface area contributed by atoms with Gasteiger partial charge in [-0.25, -0.2) is 4.98 Å². The molecule has 1 aromatic heterocycles. The third kappa shape index (κ3) is 3.91. The molecular weight excluding hydrogens is 252 g/mol. The van der Waals surface area contributed by atoms with Gasteiger partial charge in [-0.3, -0.25) is 11.3 Å². The van der Waals surface area contributed by atoms with Gasteiger partial charge in [0.25, 0.3) is 0 Å². The maximum absolute atomic E-state index is 5.76. The Labute approximate surface area is 121 Å². The number of aromatic nitrogens is 1. The van der Waals surface area contributed by atoms with E-state index in [-0.39, 0.29) is 12.1 Å². The molecule has 5 heteroatoms. The van der Waals surface area contributed by atoms with E-state index < -0.39 is 0 Å². The number of hydrogen-bond acceptors (Lipinski definition) is 5. The summed E-state index contributed by atoms with van der Waals surface area (Å²) in [5, 5.41) is 0. The summed E-state index contributed by atoms with van der Waals surface area (Å²) >= 11 is 0. The van der Waals surface area contributed by atoms with Crippen LogP contribution in [0.15, 0.2) is 18.3 Å². The summed E-state index contributed by atoms with van der Waals surface area (Å²) in [6, 6.07) is 3.98. The van der Waals surface area contributed by atoms with E-state index in [0.29, 0.717) is 11.7 Å². The van der Waals surface area contributed by atoms with Gasteiger partial charge in [0, 0.05) is 13.3 Å². The minimum Gasteiger partial charge on any atom is -0.384 e. The zero-order valence-electron chi connectivity index (χ0n) is 12.2. The van der Waals surface area contributed by atoms with E-state index >= 15 is 0 Å². The lowest BCUT2D eigenvalue weighted by Gasteiger charge is -2.34. The van der Waals surface area contributed by atoms with Crippen LogP contribution in [0.1, 0.15) is 37.7 Å². The van der Waals surface area contributed by atoms with Gasteiger partial charge in [0.2, 0.25) is 0 Å². The number of hydrogen-bond donors (Lipinski definition) is 3. The van der Waals surface area contributed by atoms with Crippen molar-refractivity contribution in [2.24, 2.45) is 11.8 Å². The van der Waals surface area contributed by atoms with Crippen LogP contribution >= 0.6 is 0 Å². The van der Waals surface area contributed by atoms with Crippen LogP contribution in [-0.2, 0) is 11.2 Å². The maximum Gasteiger partial charge on any atom is 0.123 e. The summed E-state index contributed by atoms with van der Waals surface area (Å²) in [5.74, 6) is 6.90. The fraction of sp³-hybridized carbons (Fsp3) is 0.667. The summed E-state index contributed by atoms with van der Waals surface area (Å²) in [6.07, 6.45) is 9.08. The number of hydrazine groups is 1. The molecule has 0 bridgehead atoms. The average Bonchev–Trinajstić information content (AvgIpc) is 2.48. The van der Waals surface area contributed by atoms with E-state index in [1.165, 1.54) is 32.1 Å². The Hall–Kier alpha value is -1.17. The van der Waals surface area contributed by atoms with E-state index in [0.717, 1.165) is 12.0 Å². The quantitative estimate of drug-likeness (QED) is 0.544. The number of pyridine rings is 1. The molecule has 0 amide bonds. The molecule has 0 aromatic carbocycles. The van der Waals surface area contributed by atoms with Crippen molar-refractivity contribution >= 4 is 5.82 Å². The van der Waals surface area contributed by atoms with Crippen molar-refractivity contribution in [1.82, 2.24) is 10.4 Å². The Morgan fingerprint density at radius 2 is 2.15 bits per heavy atom. The van der Waals surface area contributed by atoms with Gasteiger partial charge in [-0.2, -0.15) is 0 Å². The van der Waals surface area contributed by atoms with Crippen LogP contribution in [0.5, 0.6) is 0 Å². The second-order valence-corrected chi connectivity index (χ2v) is 5.66. The van der Waals surface area contributed by atoms with Crippen molar-refractivity contribution in [2.75, 3.05) is 12.8 Å². The number of nitrogens with two attached hydrogens (primary N) is 2. The smallest absolute Gasteiger partial charge is 0.123 e. The number of nitrogens with one attached hydrogen (secondary N) is 1. The second kappa shape index (κ2) is 7.57. The average molecular weight is 278 g/mol. The molecule has 2 unspecified atom stereocenters. The molecule has 0 saturated heterocycles. The zero-order valence-corrected chi connectivity index (χ0v) is 12.2. The Kier molecular flexibility index (Phi) is 5.76. The third-order valence-electron chi connectivity index (χ3n) is 4.30. The fourth-order valence-corrected chi connectivity index (χ4v) is 3.29. The monoisotopic (exact) mass is 278 g/mol. The highest BCUT2D eigenvalue weighted by Gasteiger charge is 2.30. The standard InChI is InChI=1S/C15H26N4O/c1-20-15(12-5-3-2-4-6-12)13(19-17)9-11-7-8-18-14(16)10-11/h7-8,10,12-13,15,19H,2-6,9,17H2,1H3,(H2,16,18). The fourth-order valence-electron chi connectivity index (χ4n) is 3.29. The maximum atomic E-state index is 5.76. The van der Waals surface area contributed by atoms with Gasteiger partial charge < -0.3 is 10.5 Å². The van der Waals surface area contributed by atoms with Crippen molar-refractivity contribution in [2.45, 2.75) is 50.7 Å². The van der Waals surface area contributed by atoms with Crippen molar-refractivity contribution in [3.8, 4) is 0 Å². The van der Waals surface area contributed by atoms with E-state index in [1.54, 1.807) is 13.3 Å². The Balaban J connectivity index is 2.04. The molecule has 0 aliphatic heterocycles. The van der Waals surface area contributed by atoms with E-state index in [4.69, 9.17) is 16.3 Å². The molecule has 5 nitrogen and oxygen atoms in total. The molecule has 1 aliphatic rings.